The van der Waals surface area contributed by atoms with E-state index < -0.39 is 0 Å². The number of nitrogens with zero attached hydrogens (tertiary/aromatic N) is 1. The zero-order valence-electron chi connectivity index (χ0n) is 12.8. The van der Waals surface area contributed by atoms with E-state index in [-0.39, 0.29) is 29.9 Å². The Morgan fingerprint density at radius 1 is 1.36 bits per heavy atom. The Morgan fingerprint density at radius 2 is 2.14 bits per heavy atom. The molecule has 5 nitrogen and oxygen atoms in total. The molecule has 1 N–H and O–H groups in total. The fourth-order valence-corrected chi connectivity index (χ4v) is 3.11. The minimum atomic E-state index is -0.181. The van der Waals surface area contributed by atoms with Gasteiger partial charge in [0.05, 0.1) is 24.5 Å². The molecule has 2 amide bonds. The van der Waals surface area contributed by atoms with Crippen LogP contribution in [0.1, 0.15) is 31.4 Å². The Morgan fingerprint density at radius 3 is 2.86 bits per heavy atom. The van der Waals surface area contributed by atoms with Crippen LogP contribution in [0.25, 0.3) is 0 Å². The van der Waals surface area contributed by atoms with Gasteiger partial charge >= 0.3 is 0 Å². The maximum Gasteiger partial charge on any atom is 0.228 e. The predicted octanol–water partition coefficient (Wildman–Crippen LogP) is 1.50. The van der Waals surface area contributed by atoms with Gasteiger partial charge in [0, 0.05) is 19.7 Å². The quantitative estimate of drug-likeness (QED) is 0.917. The zero-order chi connectivity index (χ0) is 15.5. The molecular weight excluding hydrogens is 280 g/mol. The molecule has 1 saturated carbocycles. The van der Waals surface area contributed by atoms with Crippen molar-refractivity contribution in [1.29, 1.82) is 0 Å². The van der Waals surface area contributed by atoms with E-state index in [1.807, 2.05) is 42.2 Å². The molecule has 1 aromatic carbocycles. The molecule has 1 heterocycles. The van der Waals surface area contributed by atoms with E-state index in [0.29, 0.717) is 26.1 Å². The van der Waals surface area contributed by atoms with Crippen molar-refractivity contribution in [3.05, 3.63) is 35.9 Å². The average Bonchev–Trinajstić information content (AvgIpc) is 3.31. The van der Waals surface area contributed by atoms with E-state index in [4.69, 9.17) is 4.74 Å². The lowest BCUT2D eigenvalue weighted by atomic mass is 10.0. The van der Waals surface area contributed by atoms with Gasteiger partial charge in [0.25, 0.3) is 0 Å². The number of hydrogen-bond acceptors (Lipinski definition) is 3. The summed E-state index contributed by atoms with van der Waals surface area (Å²) < 4.78 is 5.54. The largest absolute Gasteiger partial charge is 0.378 e. The number of amides is 2. The molecule has 0 spiro atoms. The Labute approximate surface area is 130 Å². The van der Waals surface area contributed by atoms with Crippen molar-refractivity contribution in [2.45, 2.75) is 31.9 Å². The fraction of sp³-hybridized carbons (Fsp3) is 0.529. The molecule has 22 heavy (non-hydrogen) atoms. The van der Waals surface area contributed by atoms with E-state index >= 15 is 0 Å². The fourth-order valence-electron chi connectivity index (χ4n) is 3.11. The van der Waals surface area contributed by atoms with E-state index in [2.05, 4.69) is 5.32 Å². The van der Waals surface area contributed by atoms with Crippen LogP contribution in [0.4, 0.5) is 0 Å². The van der Waals surface area contributed by atoms with Gasteiger partial charge in [0.15, 0.2) is 0 Å². The predicted molar refractivity (Wildman–Crippen MR) is 82.0 cm³/mol. The summed E-state index contributed by atoms with van der Waals surface area (Å²) in [6, 6.07) is 9.62. The molecule has 0 radical (unpaired) electrons. The van der Waals surface area contributed by atoms with E-state index in [0.717, 1.165) is 12.0 Å². The van der Waals surface area contributed by atoms with Crippen LogP contribution in [0.2, 0.25) is 0 Å². The van der Waals surface area contributed by atoms with Crippen LogP contribution in [0.3, 0.4) is 0 Å². The summed E-state index contributed by atoms with van der Waals surface area (Å²) in [6.07, 6.45) is 1.18. The third-order valence-corrected chi connectivity index (χ3v) is 4.33. The molecule has 118 valence electrons. The Bertz CT molecular complexity index is 546. The standard InChI is InChI=1S/C17H22N2O3/c1-2-22-15-10-13(15)17(21)19-9-8-18-16(20)11-14(19)12-6-4-3-5-7-12/h3-7,13-15H,2,8-11H2,1H3,(H,18,20)/t13-,14-,15+/m0/s1. The molecule has 5 heteroatoms. The lowest BCUT2D eigenvalue weighted by Gasteiger charge is -2.29. The first-order valence-corrected chi connectivity index (χ1v) is 7.94. The molecule has 3 rings (SSSR count). The van der Waals surface area contributed by atoms with Crippen molar-refractivity contribution >= 4 is 11.8 Å². The zero-order valence-corrected chi connectivity index (χ0v) is 12.8. The summed E-state index contributed by atoms with van der Waals surface area (Å²) in [5.41, 5.74) is 1.02. The average molecular weight is 302 g/mol. The molecule has 0 bridgehead atoms. The summed E-state index contributed by atoms with van der Waals surface area (Å²) in [7, 11) is 0. The molecule has 2 fully saturated rings. The molecule has 2 aliphatic rings. The SMILES string of the molecule is CCO[C@@H]1C[C@@H]1C(=O)N1CCNC(=O)C[C@H]1c1ccccc1. The first-order valence-electron chi connectivity index (χ1n) is 7.94. The second-order valence-electron chi connectivity index (χ2n) is 5.85. The second-order valence-corrected chi connectivity index (χ2v) is 5.85. The van der Waals surface area contributed by atoms with Gasteiger partial charge in [0.2, 0.25) is 11.8 Å². The number of nitrogens with one attached hydrogen (secondary N) is 1. The van der Waals surface area contributed by atoms with Gasteiger partial charge in [-0.3, -0.25) is 9.59 Å². The molecular formula is C17H22N2O3. The summed E-state index contributed by atoms with van der Waals surface area (Å²) >= 11 is 0. The normalized spacial score (nSPS) is 28.0. The topological polar surface area (TPSA) is 58.6 Å². The molecule has 3 atom stereocenters. The molecule has 1 aliphatic heterocycles. The first-order chi connectivity index (χ1) is 10.7. The maximum atomic E-state index is 12.8. The minimum Gasteiger partial charge on any atom is -0.378 e. The van der Waals surface area contributed by atoms with Crippen molar-refractivity contribution < 1.29 is 14.3 Å². The van der Waals surface area contributed by atoms with E-state index in [9.17, 15) is 9.59 Å². The van der Waals surface area contributed by atoms with Crippen molar-refractivity contribution in [3.8, 4) is 0 Å². The second kappa shape index (κ2) is 6.48. The smallest absolute Gasteiger partial charge is 0.228 e. The highest BCUT2D eigenvalue weighted by Crippen LogP contribution is 2.38. The highest BCUT2D eigenvalue weighted by atomic mass is 16.5. The number of carbonyl (C=O) groups is 2. The summed E-state index contributed by atoms with van der Waals surface area (Å²) in [4.78, 5) is 26.6. The third-order valence-electron chi connectivity index (χ3n) is 4.33. The van der Waals surface area contributed by atoms with E-state index in [1.165, 1.54) is 0 Å². The third kappa shape index (κ3) is 3.14. The number of carbonyl (C=O) groups excluding carboxylic acids is 2. The Balaban J connectivity index is 1.79. The summed E-state index contributed by atoms with van der Waals surface area (Å²) in [5, 5.41) is 2.86. The molecule has 1 aliphatic carbocycles. The van der Waals surface area contributed by atoms with Gasteiger partial charge in [-0.15, -0.1) is 0 Å². The van der Waals surface area contributed by atoms with Crippen LogP contribution < -0.4 is 5.32 Å². The molecule has 1 aromatic rings. The highest BCUT2D eigenvalue weighted by Gasteiger charge is 2.47. The molecule has 0 aromatic heterocycles. The maximum absolute atomic E-state index is 12.8. The van der Waals surface area contributed by atoms with Crippen LogP contribution in [0.15, 0.2) is 30.3 Å². The lowest BCUT2D eigenvalue weighted by molar-refractivity contribution is -0.136. The van der Waals surface area contributed by atoms with E-state index in [1.54, 1.807) is 0 Å². The van der Waals surface area contributed by atoms with Crippen LogP contribution >= 0.6 is 0 Å². The minimum absolute atomic E-state index is 0.00121. The van der Waals surface area contributed by atoms with Crippen LogP contribution in [0, 0.1) is 5.92 Å². The number of benzene rings is 1. The number of ether oxygens (including phenoxy) is 1. The highest BCUT2D eigenvalue weighted by molar-refractivity contribution is 5.84. The monoisotopic (exact) mass is 302 g/mol. The molecule has 0 unspecified atom stereocenters. The van der Waals surface area contributed by atoms with Crippen LogP contribution in [-0.2, 0) is 14.3 Å². The van der Waals surface area contributed by atoms with Crippen LogP contribution in [0.5, 0.6) is 0 Å². The van der Waals surface area contributed by atoms with Crippen molar-refractivity contribution in [2.75, 3.05) is 19.7 Å². The Kier molecular flexibility index (Phi) is 4.43. The first kappa shape index (κ1) is 15.0. The number of hydrogen-bond donors (Lipinski definition) is 1. The van der Waals surface area contributed by atoms with Gasteiger partial charge < -0.3 is 15.0 Å². The summed E-state index contributed by atoms with van der Waals surface area (Å²) in [6.45, 7) is 3.65. The lowest BCUT2D eigenvalue weighted by Crippen LogP contribution is -2.38. The van der Waals surface area contributed by atoms with Crippen molar-refractivity contribution in [3.63, 3.8) is 0 Å². The van der Waals surface area contributed by atoms with Crippen molar-refractivity contribution in [2.24, 2.45) is 5.92 Å². The van der Waals surface area contributed by atoms with Crippen LogP contribution in [-0.4, -0.2) is 42.5 Å². The summed E-state index contributed by atoms with van der Waals surface area (Å²) in [5.74, 6) is 0.0736. The van der Waals surface area contributed by atoms with Gasteiger partial charge in [0.1, 0.15) is 0 Å². The number of rotatable bonds is 4. The Hall–Kier alpha value is -1.88. The van der Waals surface area contributed by atoms with Crippen molar-refractivity contribution in [1.82, 2.24) is 10.2 Å². The van der Waals surface area contributed by atoms with Gasteiger partial charge in [-0.05, 0) is 18.9 Å². The van der Waals surface area contributed by atoms with Gasteiger partial charge in [-0.25, -0.2) is 0 Å². The van der Waals surface area contributed by atoms with Gasteiger partial charge in [-0.2, -0.15) is 0 Å². The molecule has 1 saturated heterocycles. The van der Waals surface area contributed by atoms with Gasteiger partial charge in [-0.1, -0.05) is 30.3 Å².